The molecular weight excluding hydrogens is 669 g/mol. The predicted octanol–water partition coefficient (Wildman–Crippen LogP) is 4.84. The molecule has 1 aromatic rings. The van der Waals surface area contributed by atoms with Crippen molar-refractivity contribution in [2.24, 2.45) is 11.3 Å². The fourth-order valence-corrected chi connectivity index (χ4v) is 7.28. The van der Waals surface area contributed by atoms with Gasteiger partial charge in [-0.3, -0.25) is 34.3 Å². The monoisotopic (exact) mass is 717 g/mol. The fourth-order valence-electron chi connectivity index (χ4n) is 6.99. The third kappa shape index (κ3) is 9.15. The topological polar surface area (TPSA) is 146 Å². The van der Waals surface area contributed by atoms with Crippen molar-refractivity contribution in [3.8, 4) is 0 Å². The molecule has 1 spiro atoms. The fraction of sp³-hybridized carbons (Fsp3) is 0.639. The summed E-state index contributed by atoms with van der Waals surface area (Å²) >= 11 is 12.4. The summed E-state index contributed by atoms with van der Waals surface area (Å²) in [6.07, 6.45) is 10.1. The Morgan fingerprint density at radius 2 is 1.73 bits per heavy atom. The van der Waals surface area contributed by atoms with Gasteiger partial charge in [0.05, 0.1) is 28.3 Å². The van der Waals surface area contributed by atoms with Crippen molar-refractivity contribution in [3.63, 3.8) is 0 Å². The van der Waals surface area contributed by atoms with E-state index in [9.17, 15) is 24.0 Å². The third-order valence-corrected chi connectivity index (χ3v) is 10.6. The molecule has 5 rings (SSSR count). The molecule has 3 fully saturated rings. The lowest BCUT2D eigenvalue weighted by Crippen LogP contribution is -2.59. The molecule has 2 aliphatic heterocycles. The number of hydrogen-bond donors (Lipinski definition) is 4. The summed E-state index contributed by atoms with van der Waals surface area (Å²) in [5.74, 6) is -2.33. The number of carbonyl (C=O) groups excluding carboxylic acids is 5. The number of carbonyl (C=O) groups is 5. The van der Waals surface area contributed by atoms with Crippen LogP contribution >= 0.6 is 23.2 Å². The van der Waals surface area contributed by atoms with Gasteiger partial charge < -0.3 is 20.9 Å². The van der Waals surface area contributed by atoms with Crippen molar-refractivity contribution in [1.82, 2.24) is 26.3 Å². The Labute approximate surface area is 298 Å². The summed E-state index contributed by atoms with van der Waals surface area (Å²) in [6, 6.07) is 2.09. The Hall–Kier alpha value is -3.15. The van der Waals surface area contributed by atoms with Crippen molar-refractivity contribution >= 4 is 58.3 Å². The van der Waals surface area contributed by atoms with Crippen LogP contribution in [-0.4, -0.2) is 70.6 Å². The SMILES string of the molecule is CCC[C@H](NC(=O)[C@@H]1C[C@]2(C=C(c3ccc(Cl)c(Cl)c3)NO2)CN1C(=O)[C@@H](NC(=O)CC1CCCCC1)C(C)(C)C)C(=O)C(=O)NC1CC1. The van der Waals surface area contributed by atoms with E-state index in [0.29, 0.717) is 34.1 Å². The molecule has 0 unspecified atom stereocenters. The van der Waals surface area contributed by atoms with Gasteiger partial charge in [-0.1, -0.05) is 82.6 Å². The number of amides is 4. The number of rotatable bonds is 12. The number of halogens is 2. The average molecular weight is 719 g/mol. The van der Waals surface area contributed by atoms with Gasteiger partial charge in [-0.15, -0.1) is 0 Å². The van der Waals surface area contributed by atoms with Gasteiger partial charge in [0, 0.05) is 24.4 Å². The van der Waals surface area contributed by atoms with Crippen molar-refractivity contribution in [1.29, 1.82) is 0 Å². The molecule has 2 aliphatic carbocycles. The van der Waals surface area contributed by atoms with E-state index in [4.69, 9.17) is 28.0 Å². The highest BCUT2D eigenvalue weighted by Crippen LogP contribution is 2.39. The summed E-state index contributed by atoms with van der Waals surface area (Å²) in [7, 11) is 0. The maximum absolute atomic E-state index is 14.6. The Morgan fingerprint density at radius 1 is 1.02 bits per heavy atom. The molecule has 0 bridgehead atoms. The molecule has 13 heteroatoms. The summed E-state index contributed by atoms with van der Waals surface area (Å²) in [6.45, 7) is 7.50. The Kier molecular flexibility index (Phi) is 11.7. The first-order valence-electron chi connectivity index (χ1n) is 17.6. The average Bonchev–Trinajstić information content (AvgIpc) is 3.65. The van der Waals surface area contributed by atoms with Gasteiger partial charge in [-0.05, 0) is 61.6 Å². The van der Waals surface area contributed by atoms with Crippen LogP contribution in [-0.2, 0) is 28.8 Å². The second kappa shape index (κ2) is 15.4. The minimum absolute atomic E-state index is 0.00136. The summed E-state index contributed by atoms with van der Waals surface area (Å²) in [5.41, 5.74) is 2.44. The molecule has 49 heavy (non-hydrogen) atoms. The number of hydrogen-bond acceptors (Lipinski definition) is 7. The molecule has 1 saturated heterocycles. The van der Waals surface area contributed by atoms with E-state index in [1.165, 1.54) is 11.3 Å². The highest BCUT2D eigenvalue weighted by atomic mass is 35.5. The highest BCUT2D eigenvalue weighted by Gasteiger charge is 2.54. The number of Topliss-reactive ketones (excluding diaryl/α,β-unsaturated/α-hetero) is 1. The lowest BCUT2D eigenvalue weighted by molar-refractivity contribution is -0.145. The van der Waals surface area contributed by atoms with E-state index < -0.39 is 52.6 Å². The van der Waals surface area contributed by atoms with Gasteiger partial charge in [-0.2, -0.15) is 0 Å². The van der Waals surface area contributed by atoms with Gasteiger partial charge in [0.2, 0.25) is 23.5 Å². The van der Waals surface area contributed by atoms with Crippen LogP contribution in [0.1, 0.15) is 104 Å². The van der Waals surface area contributed by atoms with Crippen molar-refractivity contribution in [2.45, 2.75) is 128 Å². The number of nitrogens with zero attached hydrogens (tertiary/aromatic N) is 1. The molecule has 11 nitrogen and oxygen atoms in total. The Balaban J connectivity index is 1.41. The summed E-state index contributed by atoms with van der Waals surface area (Å²) < 4.78 is 0. The Morgan fingerprint density at radius 3 is 2.37 bits per heavy atom. The van der Waals surface area contributed by atoms with Crippen molar-refractivity contribution in [2.75, 3.05) is 6.54 Å². The first-order chi connectivity index (χ1) is 23.2. The molecular formula is C36H49Cl2N5O6. The second-order valence-electron chi connectivity index (χ2n) is 15.2. The molecule has 0 aromatic heterocycles. The normalized spacial score (nSPS) is 23.8. The van der Waals surface area contributed by atoms with Gasteiger partial charge in [-0.25, -0.2) is 0 Å². The zero-order valence-corrected chi connectivity index (χ0v) is 30.3. The summed E-state index contributed by atoms with van der Waals surface area (Å²) in [4.78, 5) is 75.5. The van der Waals surface area contributed by atoms with Crippen LogP contribution < -0.4 is 21.4 Å². The number of nitrogens with one attached hydrogen (secondary N) is 4. The number of likely N-dealkylation sites (tertiary alicyclic amines) is 1. The zero-order chi connectivity index (χ0) is 35.5. The van der Waals surface area contributed by atoms with Crippen LogP contribution in [0.3, 0.4) is 0 Å². The van der Waals surface area contributed by atoms with E-state index in [1.54, 1.807) is 18.2 Å². The summed E-state index contributed by atoms with van der Waals surface area (Å²) in [5, 5.41) is 9.28. The van der Waals surface area contributed by atoms with Gasteiger partial charge in [0.25, 0.3) is 5.91 Å². The molecule has 1 aromatic carbocycles. The Bertz CT molecular complexity index is 1480. The standard InChI is InChI=1S/C36H49Cl2N5O6/c1-5-9-26(30(45)33(47)39-23-13-14-23)40-32(46)28-19-36(18-27(42-49-36)22-12-15-24(37)25(38)17-22)20-43(28)34(48)31(35(2,3)4)41-29(44)16-21-10-7-6-8-11-21/h12,15,17-18,21,23,26,28,31,42H,5-11,13-14,16,19-20H2,1-4H3,(H,39,47)(H,40,46)(H,41,44)/t26-,28-,31+,36+/m0/s1. The first-order valence-corrected chi connectivity index (χ1v) is 18.3. The van der Waals surface area contributed by atoms with E-state index in [2.05, 4.69) is 21.4 Å². The quantitative estimate of drug-likeness (QED) is 0.226. The van der Waals surface area contributed by atoms with E-state index in [0.717, 1.165) is 38.5 Å². The molecule has 268 valence electrons. The lowest BCUT2D eigenvalue weighted by Gasteiger charge is -2.36. The minimum atomic E-state index is -1.11. The molecule has 4 N–H and O–H groups in total. The molecule has 2 saturated carbocycles. The number of benzene rings is 1. The zero-order valence-electron chi connectivity index (χ0n) is 28.8. The molecule has 2 heterocycles. The highest BCUT2D eigenvalue weighted by molar-refractivity contribution is 6.42. The number of ketones is 1. The van der Waals surface area contributed by atoms with Crippen LogP contribution in [0, 0.1) is 11.3 Å². The van der Waals surface area contributed by atoms with Crippen LogP contribution in [0.2, 0.25) is 10.0 Å². The van der Waals surface area contributed by atoms with Gasteiger partial charge in [0.15, 0.2) is 0 Å². The number of hydroxylamine groups is 1. The van der Waals surface area contributed by atoms with Crippen LogP contribution in [0.4, 0.5) is 0 Å². The van der Waals surface area contributed by atoms with Crippen LogP contribution in [0.25, 0.3) is 5.70 Å². The largest absolute Gasteiger partial charge is 0.347 e. The smallest absolute Gasteiger partial charge is 0.289 e. The van der Waals surface area contributed by atoms with Crippen LogP contribution in [0.15, 0.2) is 24.3 Å². The van der Waals surface area contributed by atoms with Gasteiger partial charge in [0.1, 0.15) is 17.7 Å². The minimum Gasteiger partial charge on any atom is -0.347 e. The predicted molar refractivity (Wildman–Crippen MR) is 187 cm³/mol. The van der Waals surface area contributed by atoms with E-state index in [-0.39, 0.29) is 37.3 Å². The van der Waals surface area contributed by atoms with Crippen molar-refractivity contribution < 1.29 is 28.8 Å². The van der Waals surface area contributed by atoms with E-state index >= 15 is 0 Å². The van der Waals surface area contributed by atoms with Crippen LogP contribution in [0.5, 0.6) is 0 Å². The van der Waals surface area contributed by atoms with Gasteiger partial charge >= 0.3 is 0 Å². The lowest BCUT2D eigenvalue weighted by atomic mass is 9.84. The molecule has 4 amide bonds. The maximum atomic E-state index is 14.6. The second-order valence-corrected chi connectivity index (χ2v) is 16.0. The third-order valence-electron chi connectivity index (χ3n) is 9.90. The maximum Gasteiger partial charge on any atom is 0.289 e. The first kappa shape index (κ1) is 37.1. The molecule has 4 atom stereocenters. The van der Waals surface area contributed by atoms with E-state index in [1.807, 2.05) is 33.8 Å². The van der Waals surface area contributed by atoms with Crippen molar-refractivity contribution in [3.05, 3.63) is 39.9 Å². The molecule has 0 radical (unpaired) electrons. The molecule has 4 aliphatic rings.